The summed E-state index contributed by atoms with van der Waals surface area (Å²) in [6, 6.07) is -0.336. The van der Waals surface area contributed by atoms with Gasteiger partial charge in [-0.05, 0) is 57.3 Å². The Bertz CT molecular complexity index is 608. The van der Waals surface area contributed by atoms with Gasteiger partial charge < -0.3 is 10.6 Å². The molecule has 0 aromatic rings. The van der Waals surface area contributed by atoms with Gasteiger partial charge in [0.05, 0.1) is 0 Å². The summed E-state index contributed by atoms with van der Waals surface area (Å²) >= 11 is 0. The third kappa shape index (κ3) is 4.52. The molecule has 6 nitrogen and oxygen atoms in total. The van der Waals surface area contributed by atoms with Gasteiger partial charge in [-0.25, -0.2) is 4.79 Å². The Labute approximate surface area is 169 Å². The Kier molecular flexibility index (Phi) is 6.66. The van der Waals surface area contributed by atoms with E-state index in [9.17, 15) is 14.4 Å². The van der Waals surface area contributed by atoms with Crippen LogP contribution in [0.3, 0.4) is 0 Å². The standard InChI is InChI=1S/C22H37N3O3/c1-4-5-6-7-8-11-22(3)20(27)25(21(28)24-22)14-19(26)23-15(2)18-13-16-9-10-17(18)12-16/h15-18H,4-14H2,1-3H3,(H,23,26)(H,24,28)/t15-,16+,17+,18+,22+/m1/s1. The van der Waals surface area contributed by atoms with E-state index in [4.69, 9.17) is 0 Å². The molecule has 2 N–H and O–H groups in total. The normalized spacial score (nSPS) is 32.7. The van der Waals surface area contributed by atoms with Gasteiger partial charge in [-0.3, -0.25) is 14.5 Å². The van der Waals surface area contributed by atoms with Gasteiger partial charge in [0, 0.05) is 6.04 Å². The maximum atomic E-state index is 12.8. The molecule has 2 bridgehead atoms. The molecule has 5 atom stereocenters. The Balaban J connectivity index is 1.47. The van der Waals surface area contributed by atoms with Crippen molar-refractivity contribution >= 4 is 17.8 Å². The zero-order valence-corrected chi connectivity index (χ0v) is 17.8. The molecule has 3 aliphatic rings. The molecule has 1 heterocycles. The average Bonchev–Trinajstić information content (AvgIpc) is 3.33. The van der Waals surface area contributed by atoms with Crippen LogP contribution in [-0.4, -0.2) is 40.9 Å². The molecule has 2 saturated carbocycles. The number of imide groups is 1. The number of urea groups is 1. The lowest BCUT2D eigenvalue weighted by atomic mass is 9.84. The third-order valence-corrected chi connectivity index (χ3v) is 7.25. The van der Waals surface area contributed by atoms with Crippen molar-refractivity contribution in [2.24, 2.45) is 17.8 Å². The molecule has 0 radical (unpaired) electrons. The molecule has 2 aliphatic carbocycles. The molecule has 1 saturated heterocycles. The first-order valence-corrected chi connectivity index (χ1v) is 11.3. The van der Waals surface area contributed by atoms with Crippen LogP contribution in [0.5, 0.6) is 0 Å². The fraction of sp³-hybridized carbons (Fsp3) is 0.864. The topological polar surface area (TPSA) is 78.5 Å². The van der Waals surface area contributed by atoms with Gasteiger partial charge in [0.25, 0.3) is 5.91 Å². The van der Waals surface area contributed by atoms with E-state index in [0.29, 0.717) is 12.3 Å². The number of fused-ring (bicyclic) bond motifs is 2. The number of rotatable bonds is 10. The van der Waals surface area contributed by atoms with E-state index in [1.165, 1.54) is 38.5 Å². The molecule has 3 fully saturated rings. The van der Waals surface area contributed by atoms with Crippen molar-refractivity contribution in [3.63, 3.8) is 0 Å². The van der Waals surface area contributed by atoms with Crippen LogP contribution in [0.1, 0.15) is 85.0 Å². The van der Waals surface area contributed by atoms with E-state index in [1.54, 1.807) is 6.92 Å². The number of unbranched alkanes of at least 4 members (excludes halogenated alkanes) is 4. The Morgan fingerprint density at radius 2 is 1.96 bits per heavy atom. The molecular weight excluding hydrogens is 354 g/mol. The largest absolute Gasteiger partial charge is 0.352 e. The predicted molar refractivity (Wildman–Crippen MR) is 109 cm³/mol. The molecule has 28 heavy (non-hydrogen) atoms. The molecule has 0 spiro atoms. The van der Waals surface area contributed by atoms with E-state index in [-0.39, 0.29) is 24.4 Å². The maximum Gasteiger partial charge on any atom is 0.325 e. The van der Waals surface area contributed by atoms with Crippen LogP contribution in [0.2, 0.25) is 0 Å². The van der Waals surface area contributed by atoms with Gasteiger partial charge in [0.15, 0.2) is 0 Å². The minimum atomic E-state index is -0.875. The molecule has 3 rings (SSSR count). The predicted octanol–water partition coefficient (Wildman–Crippen LogP) is 3.60. The minimum absolute atomic E-state index is 0.105. The maximum absolute atomic E-state index is 12.8. The quantitative estimate of drug-likeness (QED) is 0.441. The average molecular weight is 392 g/mol. The second-order valence-electron chi connectivity index (χ2n) is 9.51. The van der Waals surface area contributed by atoms with Crippen molar-refractivity contribution in [1.82, 2.24) is 15.5 Å². The van der Waals surface area contributed by atoms with E-state index in [2.05, 4.69) is 24.5 Å². The monoisotopic (exact) mass is 391 g/mol. The van der Waals surface area contributed by atoms with E-state index < -0.39 is 11.6 Å². The number of nitrogens with one attached hydrogen (secondary N) is 2. The van der Waals surface area contributed by atoms with Crippen molar-refractivity contribution in [3.8, 4) is 0 Å². The Morgan fingerprint density at radius 1 is 1.21 bits per heavy atom. The van der Waals surface area contributed by atoms with Crippen molar-refractivity contribution in [1.29, 1.82) is 0 Å². The highest BCUT2D eigenvalue weighted by molar-refractivity contribution is 6.08. The van der Waals surface area contributed by atoms with Gasteiger partial charge in [-0.15, -0.1) is 0 Å². The molecule has 1 aliphatic heterocycles. The lowest BCUT2D eigenvalue weighted by molar-refractivity contribution is -0.135. The smallest absolute Gasteiger partial charge is 0.325 e. The molecule has 4 amide bonds. The SMILES string of the molecule is CCCCCCC[C@]1(C)NC(=O)N(CC(=O)N[C@H](C)[C@@H]2C[C@H]3CC[C@H]2C3)C1=O. The summed E-state index contributed by atoms with van der Waals surface area (Å²) in [7, 11) is 0. The molecule has 0 aromatic heterocycles. The van der Waals surface area contributed by atoms with Gasteiger partial charge in [0.1, 0.15) is 12.1 Å². The number of hydrogen-bond acceptors (Lipinski definition) is 3. The number of amides is 4. The summed E-state index contributed by atoms with van der Waals surface area (Å²) in [6.45, 7) is 5.84. The highest BCUT2D eigenvalue weighted by Gasteiger charge is 2.48. The summed E-state index contributed by atoms with van der Waals surface area (Å²) in [5.74, 6) is 1.60. The van der Waals surface area contributed by atoms with Crippen LogP contribution < -0.4 is 10.6 Å². The highest BCUT2D eigenvalue weighted by atomic mass is 16.2. The molecule has 0 aromatic carbocycles. The van der Waals surface area contributed by atoms with Crippen molar-refractivity contribution in [2.45, 2.75) is 96.6 Å². The lowest BCUT2D eigenvalue weighted by Gasteiger charge is -2.29. The van der Waals surface area contributed by atoms with Gasteiger partial charge in [-0.1, -0.05) is 45.4 Å². The van der Waals surface area contributed by atoms with Crippen molar-refractivity contribution < 1.29 is 14.4 Å². The lowest BCUT2D eigenvalue weighted by Crippen LogP contribution is -2.47. The first kappa shape index (κ1) is 21.1. The van der Waals surface area contributed by atoms with E-state index in [0.717, 1.165) is 36.0 Å². The second-order valence-corrected chi connectivity index (χ2v) is 9.51. The second kappa shape index (κ2) is 8.83. The van der Waals surface area contributed by atoms with E-state index in [1.807, 2.05) is 0 Å². The first-order chi connectivity index (χ1) is 13.3. The van der Waals surface area contributed by atoms with Crippen molar-refractivity contribution in [3.05, 3.63) is 0 Å². The van der Waals surface area contributed by atoms with Crippen LogP contribution >= 0.6 is 0 Å². The zero-order valence-electron chi connectivity index (χ0n) is 17.8. The summed E-state index contributed by atoms with van der Waals surface area (Å²) < 4.78 is 0. The Hall–Kier alpha value is -1.59. The molecular formula is C22H37N3O3. The molecule has 158 valence electrons. The summed E-state index contributed by atoms with van der Waals surface area (Å²) in [5.41, 5.74) is -0.875. The van der Waals surface area contributed by atoms with Crippen LogP contribution in [0.4, 0.5) is 4.79 Å². The summed E-state index contributed by atoms with van der Waals surface area (Å²) in [4.78, 5) is 38.7. The zero-order chi connectivity index (χ0) is 20.3. The van der Waals surface area contributed by atoms with Crippen LogP contribution in [-0.2, 0) is 9.59 Å². The van der Waals surface area contributed by atoms with E-state index >= 15 is 0 Å². The Morgan fingerprint density at radius 3 is 2.61 bits per heavy atom. The highest BCUT2D eigenvalue weighted by Crippen LogP contribution is 2.49. The number of carbonyl (C=O) groups excluding carboxylic acids is 3. The first-order valence-electron chi connectivity index (χ1n) is 11.3. The van der Waals surface area contributed by atoms with Gasteiger partial charge in [0.2, 0.25) is 5.91 Å². The van der Waals surface area contributed by atoms with Crippen LogP contribution in [0.25, 0.3) is 0 Å². The van der Waals surface area contributed by atoms with Crippen LogP contribution in [0, 0.1) is 17.8 Å². The van der Waals surface area contributed by atoms with Gasteiger partial charge in [-0.2, -0.15) is 0 Å². The third-order valence-electron chi connectivity index (χ3n) is 7.25. The summed E-state index contributed by atoms with van der Waals surface area (Å²) in [5, 5.41) is 5.87. The van der Waals surface area contributed by atoms with Crippen molar-refractivity contribution in [2.75, 3.05) is 6.54 Å². The summed E-state index contributed by atoms with van der Waals surface area (Å²) in [6.07, 6.45) is 11.2. The van der Waals surface area contributed by atoms with Crippen LogP contribution in [0.15, 0.2) is 0 Å². The number of carbonyl (C=O) groups is 3. The number of hydrogen-bond donors (Lipinski definition) is 2. The molecule has 0 unspecified atom stereocenters. The molecule has 6 heteroatoms. The fourth-order valence-corrected chi connectivity index (χ4v) is 5.60. The minimum Gasteiger partial charge on any atom is -0.352 e. The van der Waals surface area contributed by atoms with Gasteiger partial charge >= 0.3 is 6.03 Å². The number of nitrogens with zero attached hydrogens (tertiary/aromatic N) is 1. The fourth-order valence-electron chi connectivity index (χ4n) is 5.60.